The number of hydrogen-bond donors (Lipinski definition) is 1. The number of halogens is 1. The summed E-state index contributed by atoms with van der Waals surface area (Å²) in [4.78, 5) is 0. The molecule has 0 aromatic carbocycles. The largest absolute Gasteiger partial charge is 0.279 e. The molecule has 1 aliphatic carbocycles. The summed E-state index contributed by atoms with van der Waals surface area (Å²) in [7, 11) is -3.25. The van der Waals surface area contributed by atoms with E-state index in [0.717, 1.165) is 43.9 Å². The van der Waals surface area contributed by atoms with Crippen molar-refractivity contribution in [3.05, 3.63) is 0 Å². The second kappa shape index (κ2) is 6.68. The normalized spacial score (nSPS) is 31.4. The van der Waals surface area contributed by atoms with Crippen LogP contribution >= 0.6 is 15.9 Å². The Bertz CT molecular complexity index is 355. The number of rotatable bonds is 4. The van der Waals surface area contributed by atoms with E-state index >= 15 is 0 Å². The van der Waals surface area contributed by atoms with E-state index in [2.05, 4.69) is 20.7 Å². The first-order valence-corrected chi connectivity index (χ1v) is 9.51. The predicted octanol–water partition coefficient (Wildman–Crippen LogP) is 2.26. The van der Waals surface area contributed by atoms with Crippen molar-refractivity contribution in [1.29, 1.82) is 0 Å². The van der Waals surface area contributed by atoms with Gasteiger partial charge in [-0.05, 0) is 38.0 Å². The lowest BCUT2D eigenvalue weighted by molar-refractivity contribution is 0.309. The molecule has 2 rings (SSSR count). The van der Waals surface area contributed by atoms with Gasteiger partial charge in [-0.15, -0.1) is 0 Å². The molecule has 2 fully saturated rings. The van der Waals surface area contributed by atoms with Crippen LogP contribution < -0.4 is 4.72 Å². The Balaban J connectivity index is 1.90. The summed E-state index contributed by atoms with van der Waals surface area (Å²) in [6.45, 7) is 1.37. The number of piperidine rings is 1. The van der Waals surface area contributed by atoms with Crippen molar-refractivity contribution in [2.75, 3.05) is 18.4 Å². The molecule has 4 nitrogen and oxygen atoms in total. The molecule has 0 amide bonds. The third-order valence-corrected chi connectivity index (χ3v) is 6.56. The first-order chi connectivity index (χ1) is 8.62. The van der Waals surface area contributed by atoms with Gasteiger partial charge in [0.25, 0.3) is 10.2 Å². The minimum atomic E-state index is -3.25. The second-order valence-electron chi connectivity index (χ2n) is 5.47. The van der Waals surface area contributed by atoms with Gasteiger partial charge >= 0.3 is 0 Å². The highest BCUT2D eigenvalue weighted by Crippen LogP contribution is 2.26. The molecule has 2 unspecified atom stereocenters. The number of hydrogen-bond acceptors (Lipinski definition) is 2. The smallest absolute Gasteiger partial charge is 0.199 e. The third-order valence-electron chi connectivity index (χ3n) is 3.97. The predicted molar refractivity (Wildman–Crippen MR) is 77.0 cm³/mol. The Kier molecular flexibility index (Phi) is 5.47. The van der Waals surface area contributed by atoms with Crippen LogP contribution in [0.1, 0.15) is 44.9 Å². The SMILES string of the molecule is O=S(=O)(NC1CCCC(CBr)C1)N1CCCCC1. The minimum absolute atomic E-state index is 0.133. The van der Waals surface area contributed by atoms with E-state index in [1.165, 1.54) is 6.42 Å². The fraction of sp³-hybridized carbons (Fsp3) is 1.00. The lowest BCUT2D eigenvalue weighted by atomic mass is 9.88. The molecule has 0 radical (unpaired) electrons. The van der Waals surface area contributed by atoms with E-state index in [1.54, 1.807) is 4.31 Å². The summed E-state index contributed by atoms with van der Waals surface area (Å²) >= 11 is 3.51. The Hall–Kier alpha value is 0.350. The highest BCUT2D eigenvalue weighted by atomic mass is 79.9. The van der Waals surface area contributed by atoms with Gasteiger partial charge in [-0.2, -0.15) is 17.4 Å². The summed E-state index contributed by atoms with van der Waals surface area (Å²) < 4.78 is 29.0. The zero-order valence-corrected chi connectivity index (χ0v) is 13.2. The summed E-state index contributed by atoms with van der Waals surface area (Å²) in [5.74, 6) is 0.618. The van der Waals surface area contributed by atoms with Gasteiger partial charge in [-0.25, -0.2) is 0 Å². The van der Waals surface area contributed by atoms with Crippen LogP contribution in [0.4, 0.5) is 0 Å². The van der Waals surface area contributed by atoms with E-state index in [0.29, 0.717) is 19.0 Å². The van der Waals surface area contributed by atoms with Crippen LogP contribution in [0.2, 0.25) is 0 Å². The van der Waals surface area contributed by atoms with Crippen molar-refractivity contribution in [3.63, 3.8) is 0 Å². The zero-order valence-electron chi connectivity index (χ0n) is 10.8. The first-order valence-electron chi connectivity index (χ1n) is 6.95. The van der Waals surface area contributed by atoms with E-state index in [-0.39, 0.29) is 6.04 Å². The molecule has 1 saturated carbocycles. The van der Waals surface area contributed by atoms with Crippen molar-refractivity contribution in [3.8, 4) is 0 Å². The van der Waals surface area contributed by atoms with Gasteiger partial charge in [0.15, 0.2) is 0 Å². The highest BCUT2D eigenvalue weighted by Gasteiger charge is 2.29. The average molecular weight is 339 g/mol. The molecule has 18 heavy (non-hydrogen) atoms. The molecule has 106 valence electrons. The van der Waals surface area contributed by atoms with Crippen LogP contribution in [0.15, 0.2) is 0 Å². The van der Waals surface area contributed by atoms with E-state index < -0.39 is 10.2 Å². The summed E-state index contributed by atoms with van der Waals surface area (Å²) in [5, 5.41) is 0.981. The Morgan fingerprint density at radius 2 is 1.83 bits per heavy atom. The number of alkyl halides is 1. The Morgan fingerprint density at radius 3 is 2.50 bits per heavy atom. The van der Waals surface area contributed by atoms with E-state index in [1.807, 2.05) is 0 Å². The summed E-state index contributed by atoms with van der Waals surface area (Å²) in [6.07, 6.45) is 7.44. The maximum absolute atomic E-state index is 12.3. The molecule has 1 saturated heterocycles. The standard InChI is InChI=1S/C12H23BrN2O2S/c13-10-11-5-4-6-12(9-11)14-18(16,17)15-7-2-1-3-8-15/h11-12,14H,1-10H2. The van der Waals surface area contributed by atoms with Gasteiger partial charge in [-0.1, -0.05) is 28.8 Å². The number of nitrogens with one attached hydrogen (secondary N) is 1. The van der Waals surface area contributed by atoms with Gasteiger partial charge in [0.1, 0.15) is 0 Å². The molecule has 1 aliphatic heterocycles. The molecule has 0 aromatic heterocycles. The van der Waals surface area contributed by atoms with Crippen LogP contribution in [0.3, 0.4) is 0 Å². The molecule has 0 bridgehead atoms. The van der Waals surface area contributed by atoms with Gasteiger partial charge < -0.3 is 0 Å². The second-order valence-corrected chi connectivity index (χ2v) is 7.82. The average Bonchev–Trinajstić information content (AvgIpc) is 2.39. The molecule has 1 heterocycles. The Morgan fingerprint density at radius 1 is 1.11 bits per heavy atom. The Labute approximate surface area is 119 Å². The van der Waals surface area contributed by atoms with Crippen LogP contribution in [0, 0.1) is 5.92 Å². The monoisotopic (exact) mass is 338 g/mol. The lowest BCUT2D eigenvalue weighted by Crippen LogP contribution is -2.48. The van der Waals surface area contributed by atoms with Crippen molar-refractivity contribution in [2.24, 2.45) is 5.92 Å². The van der Waals surface area contributed by atoms with E-state index in [4.69, 9.17) is 0 Å². The molecular formula is C12H23BrN2O2S. The van der Waals surface area contributed by atoms with Crippen molar-refractivity contribution >= 4 is 26.1 Å². The molecule has 0 spiro atoms. The molecule has 2 atom stereocenters. The van der Waals surface area contributed by atoms with Crippen LogP contribution in [0.5, 0.6) is 0 Å². The molecule has 0 aromatic rings. The first kappa shape index (κ1) is 14.8. The van der Waals surface area contributed by atoms with Gasteiger partial charge in [-0.3, -0.25) is 0 Å². The molecule has 2 aliphatic rings. The maximum Gasteiger partial charge on any atom is 0.279 e. The van der Waals surface area contributed by atoms with Gasteiger partial charge in [0.2, 0.25) is 0 Å². The van der Waals surface area contributed by atoms with Crippen LogP contribution in [-0.4, -0.2) is 37.2 Å². The van der Waals surface area contributed by atoms with Crippen molar-refractivity contribution < 1.29 is 8.42 Å². The minimum Gasteiger partial charge on any atom is -0.199 e. The van der Waals surface area contributed by atoms with Gasteiger partial charge in [0.05, 0.1) is 0 Å². The lowest BCUT2D eigenvalue weighted by Gasteiger charge is -2.32. The molecule has 6 heteroatoms. The zero-order chi connectivity index (χ0) is 13.0. The van der Waals surface area contributed by atoms with Gasteiger partial charge in [0, 0.05) is 24.5 Å². The fourth-order valence-corrected chi connectivity index (χ4v) is 5.04. The molecular weight excluding hydrogens is 316 g/mol. The summed E-state index contributed by atoms with van der Waals surface area (Å²) in [6, 6.07) is 0.133. The number of nitrogens with zero attached hydrogens (tertiary/aromatic N) is 1. The quantitative estimate of drug-likeness (QED) is 0.799. The molecule has 1 N–H and O–H groups in total. The highest BCUT2D eigenvalue weighted by molar-refractivity contribution is 9.09. The van der Waals surface area contributed by atoms with Crippen molar-refractivity contribution in [2.45, 2.75) is 51.0 Å². The third kappa shape index (κ3) is 3.92. The fourth-order valence-electron chi connectivity index (χ4n) is 2.93. The van der Waals surface area contributed by atoms with Crippen molar-refractivity contribution in [1.82, 2.24) is 9.03 Å². The summed E-state index contributed by atoms with van der Waals surface area (Å²) in [5.41, 5.74) is 0. The van der Waals surface area contributed by atoms with Crippen LogP contribution in [-0.2, 0) is 10.2 Å². The maximum atomic E-state index is 12.3. The topological polar surface area (TPSA) is 49.4 Å². The van der Waals surface area contributed by atoms with Crippen LogP contribution in [0.25, 0.3) is 0 Å². The van der Waals surface area contributed by atoms with E-state index in [9.17, 15) is 8.42 Å².